The van der Waals surface area contributed by atoms with E-state index in [4.69, 9.17) is 4.74 Å². The van der Waals surface area contributed by atoms with Crippen molar-refractivity contribution in [3.8, 4) is 0 Å². The molecule has 0 bridgehead atoms. The number of aryl methyl sites for hydroxylation is 1. The molecule has 1 amide bonds. The summed E-state index contributed by atoms with van der Waals surface area (Å²) < 4.78 is 32.3. The van der Waals surface area contributed by atoms with Crippen LogP contribution in [0.15, 0.2) is 48.5 Å². The minimum Gasteiger partial charge on any atom is -0.462 e. The monoisotopic (exact) mass is 472 g/mol. The first-order chi connectivity index (χ1) is 15.8. The molecule has 0 radical (unpaired) electrons. The number of hydrogen-bond donors (Lipinski definition) is 1. The normalized spacial score (nSPS) is 16.8. The molecule has 0 aromatic heterocycles. The number of ether oxygens (including phenoxy) is 1. The first kappa shape index (κ1) is 24.9. The summed E-state index contributed by atoms with van der Waals surface area (Å²) in [6.45, 7) is 4.38. The Bertz CT molecular complexity index is 1070. The zero-order valence-corrected chi connectivity index (χ0v) is 20.1. The number of amides is 1. The topological polar surface area (TPSA) is 92.8 Å². The molecule has 178 valence electrons. The maximum Gasteiger partial charge on any atom is 0.338 e. The molecule has 0 saturated carbocycles. The van der Waals surface area contributed by atoms with Gasteiger partial charge in [-0.15, -0.1) is 0 Å². The smallest absolute Gasteiger partial charge is 0.338 e. The van der Waals surface area contributed by atoms with Crippen molar-refractivity contribution in [2.45, 2.75) is 39.5 Å². The van der Waals surface area contributed by atoms with Gasteiger partial charge < -0.3 is 10.1 Å². The second kappa shape index (κ2) is 11.4. The van der Waals surface area contributed by atoms with Crippen LogP contribution in [0.1, 0.15) is 47.7 Å². The Morgan fingerprint density at radius 3 is 2.61 bits per heavy atom. The Morgan fingerprint density at radius 2 is 1.88 bits per heavy atom. The van der Waals surface area contributed by atoms with Crippen molar-refractivity contribution in [3.05, 3.63) is 65.2 Å². The minimum absolute atomic E-state index is 0.0664. The molecule has 1 unspecified atom stereocenters. The fourth-order valence-electron chi connectivity index (χ4n) is 4.08. The highest BCUT2D eigenvalue weighted by Gasteiger charge is 2.32. The summed E-state index contributed by atoms with van der Waals surface area (Å²) in [5, 5.41) is 2.89. The van der Waals surface area contributed by atoms with Gasteiger partial charge in [-0.3, -0.25) is 4.79 Å². The Morgan fingerprint density at radius 1 is 1.12 bits per heavy atom. The number of carbonyl (C=O) groups excluding carboxylic acids is 2. The van der Waals surface area contributed by atoms with Gasteiger partial charge in [0.25, 0.3) is 0 Å². The van der Waals surface area contributed by atoms with Gasteiger partial charge in [0.15, 0.2) is 0 Å². The third kappa shape index (κ3) is 6.65. The van der Waals surface area contributed by atoms with Gasteiger partial charge in [-0.2, -0.15) is 0 Å². The zero-order valence-electron chi connectivity index (χ0n) is 19.2. The van der Waals surface area contributed by atoms with Crippen LogP contribution in [0.3, 0.4) is 0 Å². The first-order valence-electron chi connectivity index (χ1n) is 11.4. The second-order valence-electron chi connectivity index (χ2n) is 8.29. The Labute approximate surface area is 196 Å². The average molecular weight is 473 g/mol. The van der Waals surface area contributed by atoms with Gasteiger partial charge in [0.1, 0.15) is 0 Å². The number of nitrogens with one attached hydrogen (secondary N) is 1. The standard InChI is InChI=1S/C25H32N2O5S/c1-3-32-25(29)22-14-7-15-23(19(22)2)26-24(28)21-13-8-16-27(18-21)33(30,31)17-9-12-20-10-5-4-6-11-20/h4-7,10-11,14-15,21H,3,8-9,12-13,16-18H2,1-2H3,(H,26,28). The number of esters is 1. The van der Waals surface area contributed by atoms with Crippen molar-refractivity contribution < 1.29 is 22.7 Å². The molecule has 7 nitrogen and oxygen atoms in total. The van der Waals surface area contributed by atoms with E-state index >= 15 is 0 Å². The summed E-state index contributed by atoms with van der Waals surface area (Å²) in [6.07, 6.45) is 2.50. The lowest BCUT2D eigenvalue weighted by molar-refractivity contribution is -0.120. The van der Waals surface area contributed by atoms with Gasteiger partial charge in [0.2, 0.25) is 15.9 Å². The van der Waals surface area contributed by atoms with E-state index < -0.39 is 21.9 Å². The quantitative estimate of drug-likeness (QED) is 0.561. The van der Waals surface area contributed by atoms with Gasteiger partial charge in [-0.25, -0.2) is 17.5 Å². The SMILES string of the molecule is CCOC(=O)c1cccc(NC(=O)C2CCCN(S(=O)(=O)CCCc3ccccc3)C2)c1C. The summed E-state index contributed by atoms with van der Waals surface area (Å²) in [4.78, 5) is 25.1. The van der Waals surface area contributed by atoms with Crippen molar-refractivity contribution in [1.82, 2.24) is 4.31 Å². The molecule has 1 aliphatic rings. The Kier molecular flexibility index (Phi) is 8.63. The molecule has 0 aliphatic carbocycles. The lowest BCUT2D eigenvalue weighted by atomic mass is 9.98. The van der Waals surface area contributed by atoms with Crippen molar-refractivity contribution in [3.63, 3.8) is 0 Å². The van der Waals surface area contributed by atoms with E-state index in [0.717, 1.165) is 5.56 Å². The summed E-state index contributed by atoms with van der Waals surface area (Å²) >= 11 is 0. The second-order valence-corrected chi connectivity index (χ2v) is 10.4. The maximum atomic E-state index is 12.9. The molecule has 33 heavy (non-hydrogen) atoms. The molecule has 2 aromatic rings. The van der Waals surface area contributed by atoms with Crippen LogP contribution in [0.5, 0.6) is 0 Å². The van der Waals surface area contributed by atoms with Crippen molar-refractivity contribution in [2.24, 2.45) is 5.92 Å². The van der Waals surface area contributed by atoms with E-state index in [1.165, 1.54) is 4.31 Å². The molecule has 2 aromatic carbocycles. The number of hydrogen-bond acceptors (Lipinski definition) is 5. The number of piperidine rings is 1. The van der Waals surface area contributed by atoms with Crippen molar-refractivity contribution in [1.29, 1.82) is 0 Å². The largest absolute Gasteiger partial charge is 0.462 e. The van der Waals surface area contributed by atoms with Crippen molar-refractivity contribution >= 4 is 27.6 Å². The number of anilines is 1. The minimum atomic E-state index is -3.43. The number of nitrogens with zero attached hydrogens (tertiary/aromatic N) is 1. The van der Waals surface area contributed by atoms with Crippen LogP contribution in [0.4, 0.5) is 5.69 Å². The van der Waals surface area contributed by atoms with Gasteiger partial charge in [0.05, 0.1) is 23.8 Å². The fraction of sp³-hybridized carbons (Fsp3) is 0.440. The van der Waals surface area contributed by atoms with E-state index in [1.54, 1.807) is 32.0 Å². The van der Waals surface area contributed by atoms with Crippen LogP contribution in [0.25, 0.3) is 0 Å². The number of sulfonamides is 1. The summed E-state index contributed by atoms with van der Waals surface area (Å²) in [5.41, 5.74) is 2.68. The van der Waals surface area contributed by atoms with E-state index in [-0.39, 0.29) is 24.8 Å². The lowest BCUT2D eigenvalue weighted by Gasteiger charge is -2.31. The van der Waals surface area contributed by atoms with E-state index in [9.17, 15) is 18.0 Å². The third-order valence-corrected chi connectivity index (χ3v) is 7.87. The molecular weight excluding hydrogens is 440 g/mol. The van der Waals surface area contributed by atoms with Crippen LogP contribution >= 0.6 is 0 Å². The predicted molar refractivity (Wildman–Crippen MR) is 129 cm³/mol. The van der Waals surface area contributed by atoms with Crippen LogP contribution < -0.4 is 5.32 Å². The highest BCUT2D eigenvalue weighted by molar-refractivity contribution is 7.89. The third-order valence-electron chi connectivity index (χ3n) is 5.95. The average Bonchev–Trinajstić information content (AvgIpc) is 2.81. The van der Waals surface area contributed by atoms with E-state index in [2.05, 4.69) is 5.32 Å². The molecule has 8 heteroatoms. The van der Waals surface area contributed by atoms with Crippen molar-refractivity contribution in [2.75, 3.05) is 30.8 Å². The molecule has 3 rings (SSSR count). The molecule has 1 N–H and O–H groups in total. The highest BCUT2D eigenvalue weighted by atomic mass is 32.2. The van der Waals surface area contributed by atoms with Crippen LogP contribution in [0.2, 0.25) is 0 Å². The number of carbonyl (C=O) groups is 2. The maximum absolute atomic E-state index is 12.9. The highest BCUT2D eigenvalue weighted by Crippen LogP contribution is 2.24. The Balaban J connectivity index is 1.60. The van der Waals surface area contributed by atoms with Crippen LogP contribution in [0, 0.1) is 12.8 Å². The molecule has 0 spiro atoms. The zero-order chi connectivity index (χ0) is 23.8. The molecular formula is C25H32N2O5S. The predicted octanol–water partition coefficient (Wildman–Crippen LogP) is 3.78. The molecule has 1 atom stereocenters. The molecule has 1 saturated heterocycles. The van der Waals surface area contributed by atoms with Gasteiger partial charge in [-0.05, 0) is 62.8 Å². The van der Waals surface area contributed by atoms with Gasteiger partial charge >= 0.3 is 5.97 Å². The van der Waals surface area contributed by atoms with Crippen LogP contribution in [-0.4, -0.2) is 50.0 Å². The van der Waals surface area contributed by atoms with Gasteiger partial charge in [0, 0.05) is 18.8 Å². The van der Waals surface area contributed by atoms with E-state index in [1.807, 2.05) is 30.3 Å². The summed E-state index contributed by atoms with van der Waals surface area (Å²) in [5.74, 6) is -1.04. The number of rotatable bonds is 9. The number of benzene rings is 2. The fourth-order valence-corrected chi connectivity index (χ4v) is 5.66. The summed E-state index contributed by atoms with van der Waals surface area (Å²) in [7, 11) is -3.43. The summed E-state index contributed by atoms with van der Waals surface area (Å²) in [6, 6.07) is 14.9. The first-order valence-corrected chi connectivity index (χ1v) is 13.0. The Hall–Kier alpha value is -2.71. The lowest BCUT2D eigenvalue weighted by Crippen LogP contribution is -2.44. The van der Waals surface area contributed by atoms with Gasteiger partial charge in [-0.1, -0.05) is 36.4 Å². The van der Waals surface area contributed by atoms with Crippen LogP contribution in [-0.2, 0) is 26.0 Å². The molecule has 1 heterocycles. The molecule has 1 aliphatic heterocycles. The van der Waals surface area contributed by atoms with E-state index in [0.29, 0.717) is 49.0 Å². The molecule has 1 fully saturated rings.